The second kappa shape index (κ2) is 13.0. The highest BCUT2D eigenvalue weighted by Crippen LogP contribution is 2.21. The summed E-state index contributed by atoms with van der Waals surface area (Å²) in [7, 11) is 0. The molecule has 0 heterocycles. The first kappa shape index (κ1) is 25.5. The Kier molecular flexibility index (Phi) is 9.72. The number of benzene rings is 3. The van der Waals surface area contributed by atoms with Gasteiger partial charge in [0.25, 0.3) is 0 Å². The molecule has 1 N–H and O–H groups in total. The first-order valence-electron chi connectivity index (χ1n) is 11.9. The summed E-state index contributed by atoms with van der Waals surface area (Å²) in [5.74, 6) is -0.237. The van der Waals surface area contributed by atoms with E-state index in [9.17, 15) is 9.59 Å². The number of carbonyl (C=O) groups excluding carboxylic acids is 2. The predicted octanol–water partition coefficient (Wildman–Crippen LogP) is 5.75. The molecule has 3 aromatic carbocycles. The van der Waals surface area contributed by atoms with Crippen molar-refractivity contribution in [3.8, 4) is 0 Å². The van der Waals surface area contributed by atoms with Crippen LogP contribution in [0.4, 0.5) is 0 Å². The lowest BCUT2D eigenvalue weighted by molar-refractivity contribution is -0.140. The van der Waals surface area contributed by atoms with Crippen LogP contribution in [0.1, 0.15) is 42.0 Å². The summed E-state index contributed by atoms with van der Waals surface area (Å²) >= 11 is 6.46. The number of rotatable bonds is 11. The van der Waals surface area contributed by atoms with Gasteiger partial charge in [0, 0.05) is 24.5 Å². The third-order valence-corrected chi connectivity index (χ3v) is 6.21. The van der Waals surface area contributed by atoms with Crippen molar-refractivity contribution in [1.82, 2.24) is 10.2 Å². The predicted molar refractivity (Wildman–Crippen MR) is 139 cm³/mol. The standard InChI is InChI=1S/C29H33ClN2O2/c1-3-4-17-31-29(34)27(19-23-12-6-5-7-13-23)32(21-25-15-8-9-16-26(25)30)28(33)20-24-14-10-11-22(2)18-24/h5-16,18,27H,3-4,17,19-21H2,1-2H3,(H,31,34). The van der Waals surface area contributed by atoms with E-state index >= 15 is 0 Å². The zero-order chi connectivity index (χ0) is 24.3. The van der Waals surface area contributed by atoms with Gasteiger partial charge in [0.05, 0.1) is 6.42 Å². The van der Waals surface area contributed by atoms with Gasteiger partial charge < -0.3 is 10.2 Å². The number of carbonyl (C=O) groups is 2. The minimum absolute atomic E-state index is 0.0999. The molecule has 0 bridgehead atoms. The number of hydrogen-bond acceptors (Lipinski definition) is 2. The minimum atomic E-state index is -0.646. The monoisotopic (exact) mass is 476 g/mol. The summed E-state index contributed by atoms with van der Waals surface area (Å²) in [6.45, 7) is 4.95. The summed E-state index contributed by atoms with van der Waals surface area (Å²) < 4.78 is 0. The Morgan fingerprint density at radius 1 is 0.941 bits per heavy atom. The molecule has 34 heavy (non-hydrogen) atoms. The quantitative estimate of drug-likeness (QED) is 0.358. The van der Waals surface area contributed by atoms with E-state index in [0.29, 0.717) is 18.0 Å². The van der Waals surface area contributed by atoms with Crippen molar-refractivity contribution in [2.24, 2.45) is 0 Å². The van der Waals surface area contributed by atoms with Crippen LogP contribution in [0.2, 0.25) is 5.02 Å². The van der Waals surface area contributed by atoms with Crippen LogP contribution in [0.5, 0.6) is 0 Å². The van der Waals surface area contributed by atoms with Gasteiger partial charge in [-0.2, -0.15) is 0 Å². The van der Waals surface area contributed by atoms with Gasteiger partial charge in [0.1, 0.15) is 6.04 Å². The van der Waals surface area contributed by atoms with E-state index < -0.39 is 6.04 Å². The highest BCUT2D eigenvalue weighted by molar-refractivity contribution is 6.31. The molecular weight excluding hydrogens is 444 g/mol. The van der Waals surface area contributed by atoms with Gasteiger partial charge in [-0.1, -0.05) is 103 Å². The van der Waals surface area contributed by atoms with Gasteiger partial charge >= 0.3 is 0 Å². The highest BCUT2D eigenvalue weighted by atomic mass is 35.5. The third-order valence-electron chi connectivity index (χ3n) is 5.84. The largest absolute Gasteiger partial charge is 0.354 e. The molecule has 0 saturated heterocycles. The van der Waals surface area contributed by atoms with E-state index in [1.165, 1.54) is 0 Å². The molecule has 5 heteroatoms. The Morgan fingerprint density at radius 3 is 2.35 bits per heavy atom. The number of amides is 2. The first-order chi connectivity index (χ1) is 16.5. The zero-order valence-electron chi connectivity index (χ0n) is 20.0. The molecule has 0 fully saturated rings. The number of hydrogen-bond donors (Lipinski definition) is 1. The van der Waals surface area contributed by atoms with Gasteiger partial charge in [-0.15, -0.1) is 0 Å². The number of halogens is 1. The summed E-state index contributed by atoms with van der Waals surface area (Å²) in [5.41, 5.74) is 3.85. The Labute approximate surface area is 207 Å². The Balaban J connectivity index is 1.95. The van der Waals surface area contributed by atoms with Crippen LogP contribution in [0.3, 0.4) is 0 Å². The lowest BCUT2D eigenvalue weighted by Gasteiger charge is -2.32. The van der Waals surface area contributed by atoms with Gasteiger partial charge in [0.15, 0.2) is 0 Å². The number of nitrogens with zero attached hydrogens (tertiary/aromatic N) is 1. The van der Waals surface area contributed by atoms with Crippen molar-refractivity contribution in [3.63, 3.8) is 0 Å². The maximum atomic E-state index is 13.7. The SMILES string of the molecule is CCCCNC(=O)C(Cc1ccccc1)N(Cc1ccccc1Cl)C(=O)Cc1cccc(C)c1. The van der Waals surface area contributed by atoms with E-state index in [1.54, 1.807) is 4.90 Å². The van der Waals surface area contributed by atoms with Crippen molar-refractivity contribution in [2.45, 2.75) is 52.1 Å². The smallest absolute Gasteiger partial charge is 0.243 e. The molecule has 0 radical (unpaired) electrons. The van der Waals surface area contributed by atoms with E-state index in [-0.39, 0.29) is 24.8 Å². The fraction of sp³-hybridized carbons (Fsp3) is 0.310. The third kappa shape index (κ3) is 7.46. The topological polar surface area (TPSA) is 49.4 Å². The molecule has 1 unspecified atom stereocenters. The summed E-state index contributed by atoms with van der Waals surface area (Å²) in [5, 5.41) is 3.63. The molecule has 1 atom stereocenters. The highest BCUT2D eigenvalue weighted by Gasteiger charge is 2.30. The molecule has 3 aromatic rings. The maximum Gasteiger partial charge on any atom is 0.243 e. The van der Waals surface area contributed by atoms with Gasteiger partial charge in [0.2, 0.25) is 11.8 Å². The summed E-state index contributed by atoms with van der Waals surface area (Å²) in [6, 6.07) is 24.6. The lowest BCUT2D eigenvalue weighted by Crippen LogP contribution is -2.51. The molecule has 0 saturated carbocycles. The fourth-order valence-corrected chi connectivity index (χ4v) is 4.16. The van der Waals surface area contributed by atoms with Gasteiger partial charge in [-0.25, -0.2) is 0 Å². The molecule has 2 amide bonds. The second-order valence-electron chi connectivity index (χ2n) is 8.63. The summed E-state index contributed by atoms with van der Waals surface area (Å²) in [4.78, 5) is 28.8. The van der Waals surface area contributed by atoms with Crippen LogP contribution in [0.15, 0.2) is 78.9 Å². The number of unbranched alkanes of at least 4 members (excludes halogenated alkanes) is 1. The molecule has 3 rings (SSSR count). The average Bonchev–Trinajstić information content (AvgIpc) is 2.83. The van der Waals surface area contributed by atoms with Gasteiger partial charge in [-0.05, 0) is 36.1 Å². The van der Waals surface area contributed by atoms with Crippen LogP contribution in [0.25, 0.3) is 0 Å². The van der Waals surface area contributed by atoms with Gasteiger partial charge in [-0.3, -0.25) is 9.59 Å². The van der Waals surface area contributed by atoms with Crippen molar-refractivity contribution < 1.29 is 9.59 Å². The Hall–Kier alpha value is -3.11. The Bertz CT molecular complexity index is 1080. The molecule has 0 aliphatic heterocycles. The van der Waals surface area contributed by atoms with E-state index in [4.69, 9.17) is 11.6 Å². The first-order valence-corrected chi connectivity index (χ1v) is 12.3. The van der Waals surface area contributed by atoms with Crippen LogP contribution in [0, 0.1) is 6.92 Å². The van der Waals surface area contributed by atoms with E-state index in [1.807, 2.05) is 85.8 Å². The van der Waals surface area contributed by atoms with Crippen molar-refractivity contribution >= 4 is 23.4 Å². The van der Waals surface area contributed by atoms with Crippen molar-refractivity contribution in [3.05, 3.63) is 106 Å². The normalized spacial score (nSPS) is 11.6. The summed E-state index contributed by atoms with van der Waals surface area (Å²) in [6.07, 6.45) is 2.53. The molecule has 0 aliphatic rings. The number of aryl methyl sites for hydroxylation is 1. The molecule has 178 valence electrons. The Morgan fingerprint density at radius 2 is 1.65 bits per heavy atom. The molecule has 4 nitrogen and oxygen atoms in total. The average molecular weight is 477 g/mol. The number of nitrogens with one attached hydrogen (secondary N) is 1. The zero-order valence-corrected chi connectivity index (χ0v) is 20.7. The second-order valence-corrected chi connectivity index (χ2v) is 9.04. The molecular formula is C29H33ClN2O2. The minimum Gasteiger partial charge on any atom is -0.354 e. The van der Waals surface area contributed by atoms with E-state index in [2.05, 4.69) is 12.2 Å². The molecule has 0 aliphatic carbocycles. The van der Waals surface area contributed by atoms with Crippen molar-refractivity contribution in [1.29, 1.82) is 0 Å². The van der Waals surface area contributed by atoms with Crippen LogP contribution in [-0.4, -0.2) is 29.3 Å². The lowest BCUT2D eigenvalue weighted by atomic mass is 10.0. The van der Waals surface area contributed by atoms with E-state index in [0.717, 1.165) is 35.1 Å². The van der Waals surface area contributed by atoms with Crippen LogP contribution >= 0.6 is 11.6 Å². The fourth-order valence-electron chi connectivity index (χ4n) is 3.97. The maximum absolute atomic E-state index is 13.7. The molecule has 0 aromatic heterocycles. The van der Waals surface area contributed by atoms with Crippen molar-refractivity contribution in [2.75, 3.05) is 6.54 Å². The molecule has 0 spiro atoms. The van der Waals surface area contributed by atoms with Crippen LogP contribution < -0.4 is 5.32 Å². The van der Waals surface area contributed by atoms with Crippen LogP contribution in [-0.2, 0) is 29.0 Å².